The van der Waals surface area contributed by atoms with Crippen LogP contribution in [-0.2, 0) is 9.59 Å². The van der Waals surface area contributed by atoms with Crippen LogP contribution in [0.5, 0.6) is 0 Å². The monoisotopic (exact) mass is 400 g/mol. The van der Waals surface area contributed by atoms with Gasteiger partial charge in [0.1, 0.15) is 0 Å². The summed E-state index contributed by atoms with van der Waals surface area (Å²) in [5.41, 5.74) is 5.07. The number of hydrazone groups is 1. The minimum absolute atomic E-state index is 0.0463. The molecular formula is C21H25ClN4O2. The molecule has 2 amide bonds. The summed E-state index contributed by atoms with van der Waals surface area (Å²) in [7, 11) is 0. The number of rotatable bonds is 9. The molecule has 0 spiro atoms. The number of nitrogens with zero attached hydrogens (tertiary/aromatic N) is 2. The van der Waals surface area contributed by atoms with E-state index in [1.54, 1.807) is 30.5 Å². The topological polar surface area (TPSA) is 73.8 Å². The summed E-state index contributed by atoms with van der Waals surface area (Å²) < 4.78 is 0. The number of nitrogens with one attached hydrogen (secondary N) is 2. The molecule has 0 fully saturated rings. The molecular weight excluding hydrogens is 376 g/mol. The number of carbonyl (C=O) groups is 2. The van der Waals surface area contributed by atoms with Gasteiger partial charge in [-0.15, -0.1) is 0 Å². The van der Waals surface area contributed by atoms with Crippen LogP contribution in [0.3, 0.4) is 0 Å². The summed E-state index contributed by atoms with van der Waals surface area (Å²) in [5.74, 6) is -0.578. The van der Waals surface area contributed by atoms with E-state index in [1.807, 2.05) is 24.3 Å². The molecule has 2 N–H and O–H groups in total. The van der Waals surface area contributed by atoms with Crippen LogP contribution >= 0.6 is 11.6 Å². The van der Waals surface area contributed by atoms with Crippen molar-refractivity contribution in [1.82, 2.24) is 5.43 Å². The van der Waals surface area contributed by atoms with Crippen LogP contribution in [0.2, 0.25) is 5.02 Å². The molecule has 0 radical (unpaired) electrons. The zero-order chi connectivity index (χ0) is 20.4. The van der Waals surface area contributed by atoms with E-state index < -0.39 is 0 Å². The number of carbonyl (C=O) groups excluding carboxylic acids is 2. The third-order valence-corrected chi connectivity index (χ3v) is 4.35. The van der Waals surface area contributed by atoms with Gasteiger partial charge in [-0.2, -0.15) is 5.10 Å². The molecule has 148 valence electrons. The molecule has 2 aromatic rings. The van der Waals surface area contributed by atoms with Gasteiger partial charge in [-0.25, -0.2) is 5.43 Å². The SMILES string of the molecule is CCN(CC)c1ccc(C=NNC(=O)CCC(=O)Nc2cccc(Cl)c2)cc1. The Kier molecular flexibility index (Phi) is 8.49. The van der Waals surface area contributed by atoms with Gasteiger partial charge < -0.3 is 10.2 Å². The van der Waals surface area contributed by atoms with Crippen LogP contribution in [0.4, 0.5) is 11.4 Å². The first-order valence-electron chi connectivity index (χ1n) is 9.24. The number of anilines is 2. The van der Waals surface area contributed by atoms with Gasteiger partial charge in [0, 0.05) is 42.3 Å². The largest absolute Gasteiger partial charge is 0.372 e. The maximum Gasteiger partial charge on any atom is 0.240 e. The van der Waals surface area contributed by atoms with Crippen LogP contribution in [0, 0.1) is 0 Å². The lowest BCUT2D eigenvalue weighted by molar-refractivity contribution is -0.124. The molecule has 0 aliphatic heterocycles. The maximum atomic E-state index is 11.9. The highest BCUT2D eigenvalue weighted by molar-refractivity contribution is 6.30. The average molecular weight is 401 g/mol. The summed E-state index contributed by atoms with van der Waals surface area (Å²) in [6.45, 7) is 6.13. The fourth-order valence-electron chi connectivity index (χ4n) is 2.61. The predicted octanol–water partition coefficient (Wildman–Crippen LogP) is 4.06. The van der Waals surface area contributed by atoms with E-state index in [1.165, 1.54) is 0 Å². The maximum absolute atomic E-state index is 11.9. The third-order valence-electron chi connectivity index (χ3n) is 4.11. The standard InChI is InChI=1S/C21H25ClN4O2/c1-3-26(4-2)19-10-8-16(9-11-19)15-23-25-21(28)13-12-20(27)24-18-7-5-6-17(22)14-18/h5-11,14-15H,3-4,12-13H2,1-2H3,(H,24,27)(H,25,28). The van der Waals surface area contributed by atoms with E-state index in [0.717, 1.165) is 24.3 Å². The Morgan fingerprint density at radius 2 is 1.71 bits per heavy atom. The van der Waals surface area contributed by atoms with Crippen LogP contribution in [0.1, 0.15) is 32.3 Å². The van der Waals surface area contributed by atoms with Crippen molar-refractivity contribution in [3.05, 3.63) is 59.1 Å². The van der Waals surface area contributed by atoms with Gasteiger partial charge >= 0.3 is 0 Å². The van der Waals surface area contributed by atoms with Crippen molar-refractivity contribution in [1.29, 1.82) is 0 Å². The van der Waals surface area contributed by atoms with Crippen LogP contribution in [0.15, 0.2) is 53.6 Å². The smallest absolute Gasteiger partial charge is 0.240 e. The van der Waals surface area contributed by atoms with Crippen LogP contribution < -0.4 is 15.6 Å². The van der Waals surface area contributed by atoms with E-state index in [4.69, 9.17) is 11.6 Å². The molecule has 2 aromatic carbocycles. The van der Waals surface area contributed by atoms with Crippen LogP contribution in [0.25, 0.3) is 0 Å². The molecule has 0 atom stereocenters. The van der Waals surface area contributed by atoms with E-state index >= 15 is 0 Å². The minimum Gasteiger partial charge on any atom is -0.372 e. The summed E-state index contributed by atoms with van der Waals surface area (Å²) in [5, 5.41) is 7.18. The quantitative estimate of drug-likeness (QED) is 0.492. The number of amides is 2. The Balaban J connectivity index is 1.75. The summed E-state index contributed by atoms with van der Waals surface area (Å²) in [6, 6.07) is 14.8. The second-order valence-corrected chi connectivity index (χ2v) is 6.55. The Morgan fingerprint density at radius 3 is 2.36 bits per heavy atom. The highest BCUT2D eigenvalue weighted by Crippen LogP contribution is 2.15. The number of benzene rings is 2. The van der Waals surface area contributed by atoms with Crippen molar-refractivity contribution in [2.24, 2.45) is 5.10 Å². The third kappa shape index (κ3) is 7.04. The van der Waals surface area contributed by atoms with E-state index in [2.05, 4.69) is 34.6 Å². The second kappa shape index (κ2) is 11.1. The Morgan fingerprint density at radius 1 is 1.04 bits per heavy atom. The van der Waals surface area contributed by atoms with Crippen molar-refractivity contribution in [3.63, 3.8) is 0 Å². The fraction of sp³-hybridized carbons (Fsp3) is 0.286. The van der Waals surface area contributed by atoms with Gasteiger partial charge in [-0.3, -0.25) is 9.59 Å². The van der Waals surface area contributed by atoms with Crippen LogP contribution in [-0.4, -0.2) is 31.1 Å². The molecule has 0 aliphatic rings. The summed E-state index contributed by atoms with van der Waals surface area (Å²) in [6.07, 6.45) is 1.69. The molecule has 0 unspecified atom stereocenters. The molecule has 0 saturated carbocycles. The van der Waals surface area contributed by atoms with Gasteiger partial charge in [0.2, 0.25) is 11.8 Å². The van der Waals surface area contributed by atoms with Gasteiger partial charge in [-0.05, 0) is 49.7 Å². The molecule has 6 nitrogen and oxygen atoms in total. The molecule has 0 heterocycles. The normalized spacial score (nSPS) is 10.7. The lowest BCUT2D eigenvalue weighted by Gasteiger charge is -2.20. The van der Waals surface area contributed by atoms with Gasteiger partial charge in [0.15, 0.2) is 0 Å². The van der Waals surface area contributed by atoms with Crippen molar-refractivity contribution in [2.45, 2.75) is 26.7 Å². The molecule has 0 bridgehead atoms. The molecule has 28 heavy (non-hydrogen) atoms. The highest BCUT2D eigenvalue weighted by atomic mass is 35.5. The van der Waals surface area contributed by atoms with E-state index in [9.17, 15) is 9.59 Å². The fourth-order valence-corrected chi connectivity index (χ4v) is 2.80. The van der Waals surface area contributed by atoms with E-state index in [-0.39, 0.29) is 24.7 Å². The minimum atomic E-state index is -0.322. The molecule has 2 rings (SSSR count). The number of hydrogen-bond acceptors (Lipinski definition) is 4. The molecule has 0 aliphatic carbocycles. The lowest BCUT2D eigenvalue weighted by Crippen LogP contribution is -2.21. The van der Waals surface area contributed by atoms with Crippen molar-refractivity contribution in [3.8, 4) is 0 Å². The lowest BCUT2D eigenvalue weighted by atomic mass is 10.2. The molecule has 7 heteroatoms. The Bertz CT molecular complexity index is 817. The summed E-state index contributed by atoms with van der Waals surface area (Å²) >= 11 is 5.87. The van der Waals surface area contributed by atoms with Crippen molar-refractivity contribution in [2.75, 3.05) is 23.3 Å². The van der Waals surface area contributed by atoms with Gasteiger partial charge in [-0.1, -0.05) is 29.8 Å². The van der Waals surface area contributed by atoms with E-state index in [0.29, 0.717) is 10.7 Å². The summed E-state index contributed by atoms with van der Waals surface area (Å²) in [4.78, 5) is 26.0. The average Bonchev–Trinajstić information content (AvgIpc) is 2.68. The first-order valence-corrected chi connectivity index (χ1v) is 9.62. The van der Waals surface area contributed by atoms with Gasteiger partial charge in [0.05, 0.1) is 6.21 Å². The first kappa shape index (κ1) is 21.4. The van der Waals surface area contributed by atoms with Gasteiger partial charge in [0.25, 0.3) is 0 Å². The predicted molar refractivity (Wildman–Crippen MR) is 115 cm³/mol. The number of halogens is 1. The van der Waals surface area contributed by atoms with Crippen molar-refractivity contribution >= 4 is 41.0 Å². The second-order valence-electron chi connectivity index (χ2n) is 6.12. The first-order chi connectivity index (χ1) is 13.5. The van der Waals surface area contributed by atoms with Crippen molar-refractivity contribution < 1.29 is 9.59 Å². The zero-order valence-electron chi connectivity index (χ0n) is 16.1. The molecule has 0 aromatic heterocycles. The Hall–Kier alpha value is -2.86. The zero-order valence-corrected chi connectivity index (χ0v) is 16.9. The highest BCUT2D eigenvalue weighted by Gasteiger charge is 2.07. The number of hydrogen-bond donors (Lipinski definition) is 2. The Labute approximate surface area is 170 Å². The molecule has 0 saturated heterocycles.